The summed E-state index contributed by atoms with van der Waals surface area (Å²) in [5, 5.41) is 3.14. The van der Waals surface area contributed by atoms with Crippen molar-refractivity contribution in [3.05, 3.63) is 11.9 Å². The van der Waals surface area contributed by atoms with Gasteiger partial charge in [0.1, 0.15) is 12.1 Å². The first-order valence-corrected chi connectivity index (χ1v) is 3.53. The van der Waals surface area contributed by atoms with Crippen molar-refractivity contribution in [1.29, 1.82) is 0 Å². The molecule has 0 amide bonds. The minimum absolute atomic E-state index is 0.694. The standard InChI is InChI=1S/C7H9N3O/c1-11-7-5-2-3-8-6(5)9-4-10-7/h4H,2-3H2,1H3,(H,8,9,10). The van der Waals surface area contributed by atoms with Crippen LogP contribution < -0.4 is 10.1 Å². The molecule has 11 heavy (non-hydrogen) atoms. The second-order valence-electron chi connectivity index (χ2n) is 2.39. The highest BCUT2D eigenvalue weighted by molar-refractivity contribution is 5.52. The second-order valence-corrected chi connectivity index (χ2v) is 2.39. The highest BCUT2D eigenvalue weighted by Crippen LogP contribution is 2.25. The number of methoxy groups -OCH3 is 1. The van der Waals surface area contributed by atoms with Gasteiger partial charge in [-0.25, -0.2) is 9.97 Å². The third-order valence-electron chi connectivity index (χ3n) is 1.77. The summed E-state index contributed by atoms with van der Waals surface area (Å²) in [6, 6.07) is 0. The lowest BCUT2D eigenvalue weighted by Gasteiger charge is -2.02. The summed E-state index contributed by atoms with van der Waals surface area (Å²) >= 11 is 0. The zero-order chi connectivity index (χ0) is 7.68. The predicted octanol–water partition coefficient (Wildman–Crippen LogP) is 0.453. The minimum Gasteiger partial charge on any atom is -0.481 e. The molecular formula is C7H9N3O. The van der Waals surface area contributed by atoms with Crippen LogP contribution in [0, 0.1) is 0 Å². The molecule has 1 aliphatic rings. The van der Waals surface area contributed by atoms with Crippen molar-refractivity contribution in [1.82, 2.24) is 9.97 Å². The number of fused-ring (bicyclic) bond motifs is 1. The Kier molecular flexibility index (Phi) is 1.38. The molecule has 4 nitrogen and oxygen atoms in total. The average Bonchev–Trinajstić information content (AvgIpc) is 2.50. The van der Waals surface area contributed by atoms with E-state index in [4.69, 9.17) is 4.74 Å². The van der Waals surface area contributed by atoms with Crippen LogP contribution in [0.25, 0.3) is 0 Å². The molecule has 1 aliphatic heterocycles. The molecule has 0 aromatic carbocycles. The van der Waals surface area contributed by atoms with E-state index in [0.29, 0.717) is 5.88 Å². The maximum Gasteiger partial charge on any atom is 0.221 e. The third-order valence-corrected chi connectivity index (χ3v) is 1.77. The molecular weight excluding hydrogens is 142 g/mol. The number of nitrogens with one attached hydrogen (secondary N) is 1. The van der Waals surface area contributed by atoms with E-state index in [1.807, 2.05) is 0 Å². The van der Waals surface area contributed by atoms with E-state index in [2.05, 4.69) is 15.3 Å². The molecule has 0 fully saturated rings. The van der Waals surface area contributed by atoms with Gasteiger partial charge in [-0.15, -0.1) is 0 Å². The van der Waals surface area contributed by atoms with E-state index in [9.17, 15) is 0 Å². The predicted molar refractivity (Wildman–Crippen MR) is 40.8 cm³/mol. The molecule has 0 saturated heterocycles. The molecule has 1 aromatic heterocycles. The van der Waals surface area contributed by atoms with E-state index in [1.54, 1.807) is 7.11 Å². The lowest BCUT2D eigenvalue weighted by atomic mass is 10.2. The van der Waals surface area contributed by atoms with Crippen LogP contribution in [0.3, 0.4) is 0 Å². The van der Waals surface area contributed by atoms with E-state index in [1.165, 1.54) is 6.33 Å². The lowest BCUT2D eigenvalue weighted by Crippen LogP contribution is -1.94. The van der Waals surface area contributed by atoms with Crippen molar-refractivity contribution >= 4 is 5.82 Å². The van der Waals surface area contributed by atoms with Crippen LogP contribution in [-0.4, -0.2) is 23.6 Å². The molecule has 58 valence electrons. The average molecular weight is 151 g/mol. The van der Waals surface area contributed by atoms with Gasteiger partial charge in [-0.2, -0.15) is 0 Å². The number of ether oxygens (including phenoxy) is 1. The maximum atomic E-state index is 5.07. The number of hydrogen-bond acceptors (Lipinski definition) is 4. The highest BCUT2D eigenvalue weighted by Gasteiger charge is 2.16. The van der Waals surface area contributed by atoms with Gasteiger partial charge in [-0.3, -0.25) is 0 Å². The molecule has 0 bridgehead atoms. The number of hydrogen-bond donors (Lipinski definition) is 1. The summed E-state index contributed by atoms with van der Waals surface area (Å²) in [4.78, 5) is 8.06. The third kappa shape index (κ3) is 0.906. The Morgan fingerprint density at radius 2 is 2.45 bits per heavy atom. The van der Waals surface area contributed by atoms with Gasteiger partial charge in [0.2, 0.25) is 5.88 Å². The zero-order valence-electron chi connectivity index (χ0n) is 6.29. The molecule has 2 rings (SSSR count). The van der Waals surface area contributed by atoms with Crippen LogP contribution in [0.5, 0.6) is 5.88 Å². The van der Waals surface area contributed by atoms with Crippen LogP contribution in [0.4, 0.5) is 5.82 Å². The topological polar surface area (TPSA) is 47.0 Å². The number of nitrogens with zero attached hydrogens (tertiary/aromatic N) is 2. The maximum absolute atomic E-state index is 5.07. The van der Waals surface area contributed by atoms with Crippen LogP contribution in [-0.2, 0) is 6.42 Å². The van der Waals surface area contributed by atoms with E-state index >= 15 is 0 Å². The van der Waals surface area contributed by atoms with Crippen molar-refractivity contribution in [2.24, 2.45) is 0 Å². The van der Waals surface area contributed by atoms with Crippen LogP contribution in [0.15, 0.2) is 6.33 Å². The van der Waals surface area contributed by atoms with Gasteiger partial charge in [0, 0.05) is 6.54 Å². The van der Waals surface area contributed by atoms with Gasteiger partial charge < -0.3 is 10.1 Å². The highest BCUT2D eigenvalue weighted by atomic mass is 16.5. The van der Waals surface area contributed by atoms with Gasteiger partial charge >= 0.3 is 0 Å². The largest absolute Gasteiger partial charge is 0.481 e. The van der Waals surface area contributed by atoms with Gasteiger partial charge in [0.25, 0.3) is 0 Å². The SMILES string of the molecule is COc1ncnc2c1CCN2. The Morgan fingerprint density at radius 3 is 3.27 bits per heavy atom. The molecule has 0 aliphatic carbocycles. The fraction of sp³-hybridized carbons (Fsp3) is 0.429. The van der Waals surface area contributed by atoms with E-state index in [-0.39, 0.29) is 0 Å². The normalized spacial score (nSPS) is 13.9. The van der Waals surface area contributed by atoms with Crippen molar-refractivity contribution in [3.8, 4) is 5.88 Å². The summed E-state index contributed by atoms with van der Waals surface area (Å²) in [5.41, 5.74) is 1.09. The number of aromatic nitrogens is 2. The van der Waals surface area contributed by atoms with Gasteiger partial charge in [-0.1, -0.05) is 0 Å². The van der Waals surface area contributed by atoms with Gasteiger partial charge in [-0.05, 0) is 6.42 Å². The fourth-order valence-electron chi connectivity index (χ4n) is 1.26. The quantitative estimate of drug-likeness (QED) is 0.633. The molecule has 1 aromatic rings. The summed E-state index contributed by atoms with van der Waals surface area (Å²) in [6.45, 7) is 0.935. The Balaban J connectivity index is 2.50. The fourth-order valence-corrected chi connectivity index (χ4v) is 1.26. The Hall–Kier alpha value is -1.32. The van der Waals surface area contributed by atoms with Crippen molar-refractivity contribution in [3.63, 3.8) is 0 Å². The van der Waals surface area contributed by atoms with Gasteiger partial charge in [0.05, 0.1) is 12.7 Å². The molecule has 0 unspecified atom stereocenters. The molecule has 1 N–H and O–H groups in total. The van der Waals surface area contributed by atoms with Crippen molar-refractivity contribution < 1.29 is 4.74 Å². The van der Waals surface area contributed by atoms with Crippen molar-refractivity contribution in [2.45, 2.75) is 6.42 Å². The van der Waals surface area contributed by atoms with E-state index < -0.39 is 0 Å². The van der Waals surface area contributed by atoms with Crippen LogP contribution in [0.1, 0.15) is 5.56 Å². The Morgan fingerprint density at radius 1 is 1.55 bits per heavy atom. The number of rotatable bonds is 1. The monoisotopic (exact) mass is 151 g/mol. The second kappa shape index (κ2) is 2.38. The van der Waals surface area contributed by atoms with Crippen molar-refractivity contribution in [2.75, 3.05) is 19.0 Å². The first-order valence-electron chi connectivity index (χ1n) is 3.53. The summed E-state index contributed by atoms with van der Waals surface area (Å²) in [7, 11) is 1.63. The molecule has 0 spiro atoms. The molecule has 0 atom stereocenters. The Bertz CT molecular complexity index is 274. The van der Waals surface area contributed by atoms with Gasteiger partial charge in [0.15, 0.2) is 0 Å². The minimum atomic E-state index is 0.694. The molecule has 4 heteroatoms. The van der Waals surface area contributed by atoms with Crippen LogP contribution >= 0.6 is 0 Å². The summed E-state index contributed by atoms with van der Waals surface area (Å²) in [5.74, 6) is 1.61. The number of anilines is 1. The first kappa shape index (κ1) is 6.39. The van der Waals surface area contributed by atoms with E-state index in [0.717, 1.165) is 24.3 Å². The molecule has 0 radical (unpaired) electrons. The zero-order valence-corrected chi connectivity index (χ0v) is 6.29. The summed E-state index contributed by atoms with van der Waals surface area (Å²) < 4.78 is 5.07. The Labute approximate surface area is 64.6 Å². The van der Waals surface area contributed by atoms with Crippen LogP contribution in [0.2, 0.25) is 0 Å². The first-order chi connectivity index (χ1) is 5.42. The molecule has 2 heterocycles. The smallest absolute Gasteiger partial charge is 0.221 e. The summed E-state index contributed by atoms with van der Waals surface area (Å²) in [6.07, 6.45) is 2.47. The molecule has 0 saturated carbocycles. The lowest BCUT2D eigenvalue weighted by molar-refractivity contribution is 0.393.